The number of rotatable bonds is 2. The smallest absolute Gasteiger partial charge is 0.129 e. The molecular weight excluding hydrogens is 292 g/mol. The molecule has 1 fully saturated rings. The monoisotopic (exact) mass is 307 g/mol. The van der Waals surface area contributed by atoms with Crippen LogP contribution in [0.1, 0.15) is 29.4 Å². The van der Waals surface area contributed by atoms with Crippen LogP contribution in [0.5, 0.6) is 0 Å². The van der Waals surface area contributed by atoms with Crippen LogP contribution in [-0.2, 0) is 0 Å². The van der Waals surface area contributed by atoms with Crippen LogP contribution < -0.4 is 5.32 Å². The van der Waals surface area contributed by atoms with Gasteiger partial charge in [-0.2, -0.15) is 0 Å². The van der Waals surface area contributed by atoms with Gasteiger partial charge in [-0.05, 0) is 48.7 Å². The van der Waals surface area contributed by atoms with Crippen LogP contribution in [-0.4, -0.2) is 13.1 Å². The average Bonchev–Trinajstić information content (AvgIpc) is 2.48. The average molecular weight is 308 g/mol. The first-order valence-electron chi connectivity index (χ1n) is 7.07. The molecule has 0 bridgehead atoms. The molecule has 110 valence electrons. The fourth-order valence-corrected chi connectivity index (χ4v) is 3.26. The molecule has 0 amide bonds. The first-order chi connectivity index (χ1) is 10.2. The molecule has 2 aromatic carbocycles. The Labute approximate surface area is 127 Å². The van der Waals surface area contributed by atoms with Crippen LogP contribution in [0.25, 0.3) is 0 Å². The van der Waals surface area contributed by atoms with Crippen LogP contribution in [0.2, 0.25) is 5.02 Å². The van der Waals surface area contributed by atoms with E-state index in [1.807, 2.05) is 24.3 Å². The van der Waals surface area contributed by atoms with Crippen molar-refractivity contribution in [1.29, 1.82) is 0 Å². The quantitative estimate of drug-likeness (QED) is 0.862. The van der Waals surface area contributed by atoms with Gasteiger partial charge in [0, 0.05) is 23.0 Å². The minimum atomic E-state index is -0.458. The number of benzene rings is 2. The van der Waals surface area contributed by atoms with Gasteiger partial charge in [-0.1, -0.05) is 29.8 Å². The maximum Gasteiger partial charge on any atom is 0.129 e. The van der Waals surface area contributed by atoms with Gasteiger partial charge in [-0.25, -0.2) is 8.78 Å². The lowest BCUT2D eigenvalue weighted by Crippen LogP contribution is -2.34. The van der Waals surface area contributed by atoms with Gasteiger partial charge in [0.05, 0.1) is 0 Å². The summed E-state index contributed by atoms with van der Waals surface area (Å²) in [5.74, 6) is -1.03. The summed E-state index contributed by atoms with van der Waals surface area (Å²) >= 11 is 5.92. The molecule has 0 saturated carbocycles. The summed E-state index contributed by atoms with van der Waals surface area (Å²) in [6, 6.07) is 11.6. The summed E-state index contributed by atoms with van der Waals surface area (Å²) in [6.45, 7) is 1.47. The molecule has 21 heavy (non-hydrogen) atoms. The first kappa shape index (κ1) is 14.5. The Morgan fingerprint density at radius 1 is 0.952 bits per heavy atom. The second kappa shape index (κ2) is 6.12. The topological polar surface area (TPSA) is 12.0 Å². The van der Waals surface area contributed by atoms with E-state index in [4.69, 9.17) is 11.6 Å². The summed E-state index contributed by atoms with van der Waals surface area (Å²) in [7, 11) is 0. The number of piperidine rings is 1. The van der Waals surface area contributed by atoms with E-state index >= 15 is 0 Å². The standard InChI is InChI=1S/C17H16ClF2N/c18-12-6-4-11(5-7-12)14-10-21-9-8-13(14)17-15(19)2-1-3-16(17)20/h1-7,13-14,21H,8-10H2. The second-order valence-electron chi connectivity index (χ2n) is 5.39. The molecule has 0 aliphatic carbocycles. The van der Waals surface area contributed by atoms with Crippen molar-refractivity contribution in [2.45, 2.75) is 18.3 Å². The lowest BCUT2D eigenvalue weighted by atomic mass is 9.77. The maximum absolute atomic E-state index is 14.1. The van der Waals surface area contributed by atoms with Gasteiger partial charge in [-0.15, -0.1) is 0 Å². The Balaban J connectivity index is 2.00. The Morgan fingerprint density at radius 3 is 2.29 bits per heavy atom. The molecule has 1 N–H and O–H groups in total. The molecule has 0 spiro atoms. The van der Waals surface area contributed by atoms with Crippen LogP contribution in [0.4, 0.5) is 8.78 Å². The molecule has 1 heterocycles. The molecule has 4 heteroatoms. The fraction of sp³-hybridized carbons (Fsp3) is 0.294. The summed E-state index contributed by atoms with van der Waals surface area (Å²) in [6.07, 6.45) is 0.713. The van der Waals surface area contributed by atoms with Gasteiger partial charge in [0.15, 0.2) is 0 Å². The van der Waals surface area contributed by atoms with Gasteiger partial charge < -0.3 is 5.32 Å². The van der Waals surface area contributed by atoms with Crippen LogP contribution >= 0.6 is 11.6 Å². The lowest BCUT2D eigenvalue weighted by molar-refractivity contribution is 0.380. The molecule has 2 aromatic rings. The molecule has 2 unspecified atom stereocenters. The van der Waals surface area contributed by atoms with Crippen molar-refractivity contribution in [2.75, 3.05) is 13.1 Å². The third kappa shape index (κ3) is 2.94. The fourth-order valence-electron chi connectivity index (χ4n) is 3.13. The Morgan fingerprint density at radius 2 is 1.62 bits per heavy atom. The second-order valence-corrected chi connectivity index (χ2v) is 5.83. The minimum absolute atomic E-state index is 0.0439. The Kier molecular flexibility index (Phi) is 4.22. The molecule has 2 atom stereocenters. The van der Waals surface area contributed by atoms with Crippen molar-refractivity contribution < 1.29 is 8.78 Å². The van der Waals surface area contributed by atoms with Crippen LogP contribution in [0.15, 0.2) is 42.5 Å². The van der Waals surface area contributed by atoms with Crippen molar-refractivity contribution in [1.82, 2.24) is 5.32 Å². The molecule has 0 radical (unpaired) electrons. The zero-order valence-electron chi connectivity index (χ0n) is 11.5. The van der Waals surface area contributed by atoms with Crippen LogP contribution in [0.3, 0.4) is 0 Å². The number of hydrogen-bond acceptors (Lipinski definition) is 1. The summed E-state index contributed by atoms with van der Waals surface area (Å²) < 4.78 is 28.2. The van der Waals surface area contributed by atoms with Gasteiger partial charge in [-0.3, -0.25) is 0 Å². The SMILES string of the molecule is Fc1cccc(F)c1C1CCNCC1c1ccc(Cl)cc1. The highest BCUT2D eigenvalue weighted by Gasteiger charge is 2.31. The van der Waals surface area contributed by atoms with E-state index in [-0.39, 0.29) is 17.4 Å². The molecular formula is C17H16ClF2N. The number of hydrogen-bond donors (Lipinski definition) is 1. The van der Waals surface area contributed by atoms with E-state index in [1.54, 1.807) is 0 Å². The van der Waals surface area contributed by atoms with Crippen molar-refractivity contribution in [3.8, 4) is 0 Å². The maximum atomic E-state index is 14.1. The minimum Gasteiger partial charge on any atom is -0.316 e. The lowest BCUT2D eigenvalue weighted by Gasteiger charge is -2.33. The molecule has 3 rings (SSSR count). The largest absolute Gasteiger partial charge is 0.316 e. The normalized spacial score (nSPS) is 22.2. The number of halogens is 3. The molecule has 1 aliphatic heterocycles. The van der Waals surface area contributed by atoms with Crippen molar-refractivity contribution in [3.05, 3.63) is 70.2 Å². The summed E-state index contributed by atoms with van der Waals surface area (Å²) in [5.41, 5.74) is 1.26. The van der Waals surface area contributed by atoms with E-state index in [9.17, 15) is 8.78 Å². The van der Waals surface area contributed by atoms with Crippen LogP contribution in [0, 0.1) is 11.6 Å². The number of nitrogens with one attached hydrogen (secondary N) is 1. The molecule has 1 nitrogen and oxygen atoms in total. The molecule has 0 aromatic heterocycles. The molecule has 1 saturated heterocycles. The van der Waals surface area contributed by atoms with Gasteiger partial charge >= 0.3 is 0 Å². The highest BCUT2D eigenvalue weighted by atomic mass is 35.5. The Bertz CT molecular complexity index is 607. The van der Waals surface area contributed by atoms with Crippen molar-refractivity contribution in [3.63, 3.8) is 0 Å². The van der Waals surface area contributed by atoms with Gasteiger partial charge in [0.25, 0.3) is 0 Å². The zero-order valence-corrected chi connectivity index (χ0v) is 12.2. The third-order valence-corrected chi connectivity index (χ3v) is 4.40. The van der Waals surface area contributed by atoms with Gasteiger partial charge in [0.1, 0.15) is 11.6 Å². The Hall–Kier alpha value is -1.45. The van der Waals surface area contributed by atoms with E-state index in [2.05, 4.69) is 5.32 Å². The first-order valence-corrected chi connectivity index (χ1v) is 7.44. The van der Waals surface area contributed by atoms with Crippen molar-refractivity contribution in [2.24, 2.45) is 0 Å². The van der Waals surface area contributed by atoms with Crippen molar-refractivity contribution >= 4 is 11.6 Å². The van der Waals surface area contributed by atoms with E-state index in [0.717, 1.165) is 12.1 Å². The molecule has 1 aliphatic rings. The summed E-state index contributed by atoms with van der Waals surface area (Å²) in [4.78, 5) is 0. The predicted molar refractivity (Wildman–Crippen MR) is 80.8 cm³/mol. The highest BCUT2D eigenvalue weighted by Crippen LogP contribution is 2.39. The highest BCUT2D eigenvalue weighted by molar-refractivity contribution is 6.30. The zero-order chi connectivity index (χ0) is 14.8. The van der Waals surface area contributed by atoms with E-state index < -0.39 is 11.6 Å². The summed E-state index contributed by atoms with van der Waals surface area (Å²) in [5, 5.41) is 3.97. The van der Waals surface area contributed by atoms with E-state index in [0.29, 0.717) is 18.0 Å². The third-order valence-electron chi connectivity index (χ3n) is 4.15. The predicted octanol–water partition coefficient (Wildman–Crippen LogP) is 4.48. The van der Waals surface area contributed by atoms with E-state index in [1.165, 1.54) is 18.2 Å². The van der Waals surface area contributed by atoms with Gasteiger partial charge in [0.2, 0.25) is 0 Å².